The predicted octanol–water partition coefficient (Wildman–Crippen LogP) is 2.30. The highest BCUT2D eigenvalue weighted by molar-refractivity contribution is 5.95. The van der Waals surface area contributed by atoms with Gasteiger partial charge in [-0.1, -0.05) is 0 Å². The molecule has 3 heterocycles. The first-order chi connectivity index (χ1) is 12.2. The van der Waals surface area contributed by atoms with Gasteiger partial charge in [0.1, 0.15) is 0 Å². The highest BCUT2D eigenvalue weighted by Gasteiger charge is 2.44. The summed E-state index contributed by atoms with van der Waals surface area (Å²) in [5, 5.41) is 8.56. The molecule has 2 saturated heterocycles. The summed E-state index contributed by atoms with van der Waals surface area (Å²) >= 11 is 0. The van der Waals surface area contributed by atoms with Crippen LogP contribution in [0.5, 0.6) is 11.5 Å². The lowest BCUT2D eigenvalue weighted by atomic mass is 9.96. The molecule has 0 N–H and O–H groups in total. The molecule has 2 bridgehead atoms. The van der Waals surface area contributed by atoms with E-state index in [0.717, 1.165) is 25.7 Å². The van der Waals surface area contributed by atoms with Gasteiger partial charge < -0.3 is 14.4 Å². The van der Waals surface area contributed by atoms with Crippen LogP contribution >= 0.6 is 0 Å². The van der Waals surface area contributed by atoms with E-state index in [0.29, 0.717) is 17.1 Å². The summed E-state index contributed by atoms with van der Waals surface area (Å²) in [6, 6.07) is 6.13. The van der Waals surface area contributed by atoms with Crippen molar-refractivity contribution in [3.05, 3.63) is 36.2 Å². The lowest BCUT2D eigenvalue weighted by molar-refractivity contribution is 0.0512. The molecule has 1 amide bonds. The first-order valence-corrected chi connectivity index (χ1v) is 8.61. The number of piperidine rings is 1. The minimum absolute atomic E-state index is 0.0697. The van der Waals surface area contributed by atoms with Crippen molar-refractivity contribution in [3.8, 4) is 11.5 Å². The minimum Gasteiger partial charge on any atom is -0.493 e. The van der Waals surface area contributed by atoms with Crippen LogP contribution in [-0.4, -0.2) is 52.1 Å². The molecule has 7 heteroatoms. The molecule has 132 valence electrons. The maximum Gasteiger partial charge on any atom is 0.254 e. The van der Waals surface area contributed by atoms with E-state index >= 15 is 0 Å². The molecule has 2 unspecified atom stereocenters. The molecule has 7 nitrogen and oxygen atoms in total. The average molecular weight is 342 g/mol. The van der Waals surface area contributed by atoms with Crippen LogP contribution in [0.3, 0.4) is 0 Å². The number of carbonyl (C=O) groups excluding carboxylic acids is 1. The van der Waals surface area contributed by atoms with Crippen molar-refractivity contribution in [1.82, 2.24) is 19.9 Å². The number of hydrogen-bond acceptors (Lipinski definition) is 5. The van der Waals surface area contributed by atoms with Gasteiger partial charge in [0.15, 0.2) is 11.5 Å². The lowest BCUT2D eigenvalue weighted by Gasteiger charge is -2.38. The van der Waals surface area contributed by atoms with E-state index in [2.05, 4.69) is 15.1 Å². The largest absolute Gasteiger partial charge is 0.493 e. The van der Waals surface area contributed by atoms with Crippen molar-refractivity contribution in [1.29, 1.82) is 0 Å². The van der Waals surface area contributed by atoms with Gasteiger partial charge in [0, 0.05) is 17.6 Å². The Hall–Kier alpha value is -2.57. The van der Waals surface area contributed by atoms with Crippen LogP contribution in [0.2, 0.25) is 0 Å². The molecule has 0 aliphatic carbocycles. The Morgan fingerprint density at radius 2 is 1.64 bits per heavy atom. The monoisotopic (exact) mass is 342 g/mol. The number of carbonyl (C=O) groups is 1. The standard InChI is InChI=1S/C18H22N4O3/c1-24-16-6-3-12(9-17(16)25-2)18(23)21-13-4-5-14(21)11-15(10-13)22-19-7-8-20-22/h3,6-9,13-15H,4-5,10-11H2,1-2H3. The highest BCUT2D eigenvalue weighted by atomic mass is 16.5. The number of methoxy groups -OCH3 is 2. The summed E-state index contributed by atoms with van der Waals surface area (Å²) in [5.74, 6) is 1.28. The minimum atomic E-state index is 0.0697. The molecule has 2 aliphatic heterocycles. The molecule has 2 fully saturated rings. The van der Waals surface area contributed by atoms with Gasteiger partial charge in [-0.05, 0) is 43.9 Å². The first-order valence-electron chi connectivity index (χ1n) is 8.61. The Bertz CT molecular complexity index is 748. The summed E-state index contributed by atoms with van der Waals surface area (Å²) in [5.41, 5.74) is 0.644. The third-order valence-electron chi connectivity index (χ3n) is 5.34. The topological polar surface area (TPSA) is 69.5 Å². The van der Waals surface area contributed by atoms with E-state index in [-0.39, 0.29) is 24.0 Å². The van der Waals surface area contributed by atoms with Crippen LogP contribution in [0.15, 0.2) is 30.6 Å². The second kappa shape index (κ2) is 6.38. The second-order valence-corrected chi connectivity index (χ2v) is 6.64. The fraction of sp³-hybridized carbons (Fsp3) is 0.500. The third-order valence-corrected chi connectivity index (χ3v) is 5.34. The Morgan fingerprint density at radius 1 is 1.00 bits per heavy atom. The number of ether oxygens (including phenoxy) is 2. The van der Waals surface area contributed by atoms with Gasteiger partial charge in [-0.15, -0.1) is 0 Å². The third kappa shape index (κ3) is 2.73. The van der Waals surface area contributed by atoms with Crippen LogP contribution in [-0.2, 0) is 0 Å². The summed E-state index contributed by atoms with van der Waals surface area (Å²) in [6.07, 6.45) is 7.32. The number of fused-ring (bicyclic) bond motifs is 2. The maximum atomic E-state index is 13.1. The molecule has 1 aromatic carbocycles. The molecule has 2 aromatic rings. The van der Waals surface area contributed by atoms with E-state index in [4.69, 9.17) is 9.47 Å². The summed E-state index contributed by atoms with van der Waals surface area (Å²) in [6.45, 7) is 0. The lowest BCUT2D eigenvalue weighted by Crippen LogP contribution is -2.47. The Kier molecular flexibility index (Phi) is 4.07. The highest BCUT2D eigenvalue weighted by Crippen LogP contribution is 2.41. The number of benzene rings is 1. The zero-order valence-corrected chi connectivity index (χ0v) is 14.5. The van der Waals surface area contributed by atoms with Crippen LogP contribution in [0.4, 0.5) is 0 Å². The zero-order valence-electron chi connectivity index (χ0n) is 14.5. The van der Waals surface area contributed by atoms with Gasteiger partial charge in [-0.2, -0.15) is 15.0 Å². The van der Waals surface area contributed by atoms with Crippen LogP contribution in [0, 0.1) is 0 Å². The van der Waals surface area contributed by atoms with Gasteiger partial charge in [0.2, 0.25) is 0 Å². The van der Waals surface area contributed by atoms with Crippen molar-refractivity contribution in [2.24, 2.45) is 0 Å². The molecule has 2 aliphatic rings. The van der Waals surface area contributed by atoms with E-state index in [1.54, 1.807) is 43.5 Å². The van der Waals surface area contributed by atoms with Gasteiger partial charge in [-0.25, -0.2) is 0 Å². The molecule has 4 rings (SSSR count). The van der Waals surface area contributed by atoms with Crippen molar-refractivity contribution < 1.29 is 14.3 Å². The van der Waals surface area contributed by atoms with Crippen LogP contribution in [0.25, 0.3) is 0 Å². The van der Waals surface area contributed by atoms with Gasteiger partial charge in [0.05, 0.1) is 32.7 Å². The normalized spacial score (nSPS) is 25.0. The van der Waals surface area contributed by atoms with E-state index < -0.39 is 0 Å². The first kappa shape index (κ1) is 15.9. The SMILES string of the molecule is COc1ccc(C(=O)N2C3CCC2CC(n2nccn2)C3)cc1OC. The van der Waals surface area contributed by atoms with Crippen molar-refractivity contribution in [2.45, 2.75) is 43.8 Å². The molecular formula is C18H22N4O3. The summed E-state index contributed by atoms with van der Waals surface area (Å²) in [7, 11) is 3.17. The fourth-order valence-electron chi connectivity index (χ4n) is 4.20. The molecule has 0 saturated carbocycles. The Labute approximate surface area is 146 Å². The quantitative estimate of drug-likeness (QED) is 0.853. The van der Waals surface area contributed by atoms with Gasteiger partial charge in [0.25, 0.3) is 5.91 Å². The van der Waals surface area contributed by atoms with Crippen molar-refractivity contribution >= 4 is 5.91 Å². The number of amides is 1. The molecule has 0 radical (unpaired) electrons. The van der Waals surface area contributed by atoms with Crippen LogP contribution in [0.1, 0.15) is 42.1 Å². The summed E-state index contributed by atoms with van der Waals surface area (Å²) in [4.78, 5) is 17.0. The molecular weight excluding hydrogens is 320 g/mol. The summed E-state index contributed by atoms with van der Waals surface area (Å²) < 4.78 is 10.6. The maximum absolute atomic E-state index is 13.1. The van der Waals surface area contributed by atoms with E-state index in [1.807, 2.05) is 6.07 Å². The van der Waals surface area contributed by atoms with Crippen LogP contribution < -0.4 is 9.47 Å². The molecule has 25 heavy (non-hydrogen) atoms. The van der Waals surface area contributed by atoms with E-state index in [9.17, 15) is 4.79 Å². The molecule has 2 atom stereocenters. The van der Waals surface area contributed by atoms with E-state index in [1.165, 1.54) is 0 Å². The Morgan fingerprint density at radius 3 is 2.24 bits per heavy atom. The second-order valence-electron chi connectivity index (χ2n) is 6.64. The average Bonchev–Trinajstić information content (AvgIpc) is 3.27. The smallest absolute Gasteiger partial charge is 0.254 e. The number of aromatic nitrogens is 3. The zero-order chi connectivity index (χ0) is 17.4. The molecule has 1 aromatic heterocycles. The number of hydrogen-bond donors (Lipinski definition) is 0. The Balaban J connectivity index is 1.56. The fourth-order valence-corrected chi connectivity index (χ4v) is 4.20. The van der Waals surface area contributed by atoms with Gasteiger partial charge in [-0.3, -0.25) is 4.79 Å². The number of nitrogens with zero attached hydrogens (tertiary/aromatic N) is 4. The van der Waals surface area contributed by atoms with Crippen molar-refractivity contribution in [2.75, 3.05) is 14.2 Å². The number of rotatable bonds is 4. The predicted molar refractivity (Wildman–Crippen MR) is 90.8 cm³/mol. The molecule has 0 spiro atoms. The van der Waals surface area contributed by atoms with Crippen molar-refractivity contribution in [3.63, 3.8) is 0 Å². The van der Waals surface area contributed by atoms with Gasteiger partial charge >= 0.3 is 0 Å².